The quantitative estimate of drug-likeness (QED) is 0.749. The maximum Gasteiger partial charge on any atom is 0.161 e. The van der Waals surface area contributed by atoms with E-state index >= 15 is 0 Å². The Labute approximate surface area is 96.9 Å². The van der Waals surface area contributed by atoms with Crippen LogP contribution in [0.5, 0.6) is 11.5 Å². The van der Waals surface area contributed by atoms with Gasteiger partial charge in [-0.2, -0.15) is 0 Å². The van der Waals surface area contributed by atoms with Crippen LogP contribution in [0, 0.1) is 0 Å². The van der Waals surface area contributed by atoms with Gasteiger partial charge in [0, 0.05) is 0 Å². The molecule has 1 aromatic rings. The Morgan fingerprint density at radius 3 is 2.75 bits per heavy atom. The Hall–Kier alpha value is -1.48. The molecule has 1 aromatic carbocycles. The van der Waals surface area contributed by atoms with Gasteiger partial charge in [-0.1, -0.05) is 18.2 Å². The molecule has 88 valence electrons. The van der Waals surface area contributed by atoms with Crippen molar-refractivity contribution < 1.29 is 9.47 Å². The van der Waals surface area contributed by atoms with Crippen molar-refractivity contribution in [2.45, 2.75) is 13.3 Å². The Morgan fingerprint density at radius 2 is 2.12 bits per heavy atom. The number of nitrogens with two attached hydrogens (primary N) is 1. The topological polar surface area (TPSA) is 44.5 Å². The van der Waals surface area contributed by atoms with E-state index in [1.165, 1.54) is 5.56 Å². The minimum absolute atomic E-state index is 0.555. The molecule has 0 amide bonds. The molecule has 0 unspecified atom stereocenters. The third-order valence-electron chi connectivity index (χ3n) is 2.23. The second-order valence-electron chi connectivity index (χ2n) is 3.40. The molecule has 0 spiro atoms. The SMILES string of the molecule is CC=CCOc1cc(CCN)ccc1OC. The normalized spacial score (nSPS) is 10.7. The summed E-state index contributed by atoms with van der Waals surface area (Å²) in [5.41, 5.74) is 6.69. The first-order valence-electron chi connectivity index (χ1n) is 5.42. The molecule has 0 heterocycles. The Kier molecular flexibility index (Phi) is 5.43. The van der Waals surface area contributed by atoms with E-state index in [0.29, 0.717) is 13.2 Å². The van der Waals surface area contributed by atoms with Gasteiger partial charge in [0.05, 0.1) is 7.11 Å². The molecule has 0 aliphatic carbocycles. The standard InChI is InChI=1S/C13H19NO2/c1-3-4-9-16-13-10-11(7-8-14)5-6-12(13)15-2/h3-6,10H,7-9,14H2,1-2H3. The van der Waals surface area contributed by atoms with Crippen LogP contribution in [0.3, 0.4) is 0 Å². The van der Waals surface area contributed by atoms with Crippen LogP contribution in [0.4, 0.5) is 0 Å². The van der Waals surface area contributed by atoms with Gasteiger partial charge in [0.2, 0.25) is 0 Å². The van der Waals surface area contributed by atoms with Gasteiger partial charge in [-0.25, -0.2) is 0 Å². The number of hydrogen-bond donors (Lipinski definition) is 1. The van der Waals surface area contributed by atoms with Crippen LogP contribution in [0.15, 0.2) is 30.4 Å². The summed E-state index contributed by atoms with van der Waals surface area (Å²) in [5, 5.41) is 0. The van der Waals surface area contributed by atoms with E-state index in [-0.39, 0.29) is 0 Å². The predicted molar refractivity (Wildman–Crippen MR) is 66.1 cm³/mol. The van der Waals surface area contributed by atoms with Crippen LogP contribution in [-0.4, -0.2) is 20.3 Å². The molecule has 0 radical (unpaired) electrons. The summed E-state index contributed by atoms with van der Waals surface area (Å²) < 4.78 is 10.8. The molecule has 3 heteroatoms. The van der Waals surface area contributed by atoms with Crippen LogP contribution in [-0.2, 0) is 6.42 Å². The molecule has 3 nitrogen and oxygen atoms in total. The number of ether oxygens (including phenoxy) is 2. The number of hydrogen-bond acceptors (Lipinski definition) is 3. The third kappa shape index (κ3) is 3.59. The molecule has 0 aromatic heterocycles. The zero-order valence-corrected chi connectivity index (χ0v) is 9.90. The summed E-state index contributed by atoms with van der Waals surface area (Å²) in [6.45, 7) is 3.16. The van der Waals surface area contributed by atoms with Crippen molar-refractivity contribution in [2.75, 3.05) is 20.3 Å². The number of allylic oxidation sites excluding steroid dienone is 1. The first-order chi connectivity index (χ1) is 7.81. The average molecular weight is 221 g/mol. The maximum absolute atomic E-state index is 5.60. The fraction of sp³-hybridized carbons (Fsp3) is 0.385. The number of rotatable bonds is 6. The second-order valence-corrected chi connectivity index (χ2v) is 3.40. The molecule has 0 saturated carbocycles. The molecule has 0 fully saturated rings. The van der Waals surface area contributed by atoms with Crippen LogP contribution in [0.1, 0.15) is 12.5 Å². The average Bonchev–Trinajstić information content (AvgIpc) is 2.30. The minimum Gasteiger partial charge on any atom is -0.493 e. The van der Waals surface area contributed by atoms with Crippen molar-refractivity contribution in [3.05, 3.63) is 35.9 Å². The largest absolute Gasteiger partial charge is 0.493 e. The van der Waals surface area contributed by atoms with Gasteiger partial charge in [0.1, 0.15) is 6.61 Å². The molecule has 0 aliphatic rings. The zero-order valence-electron chi connectivity index (χ0n) is 9.90. The number of methoxy groups -OCH3 is 1. The van der Waals surface area contributed by atoms with Crippen molar-refractivity contribution >= 4 is 0 Å². The lowest BCUT2D eigenvalue weighted by atomic mass is 10.1. The maximum atomic E-state index is 5.60. The summed E-state index contributed by atoms with van der Waals surface area (Å²) >= 11 is 0. The molecule has 1 rings (SSSR count). The monoisotopic (exact) mass is 221 g/mol. The van der Waals surface area contributed by atoms with E-state index in [1.54, 1.807) is 7.11 Å². The van der Waals surface area contributed by atoms with E-state index in [1.807, 2.05) is 37.3 Å². The fourth-order valence-electron chi connectivity index (χ4n) is 1.39. The van der Waals surface area contributed by atoms with Gasteiger partial charge in [-0.3, -0.25) is 0 Å². The molecule has 16 heavy (non-hydrogen) atoms. The van der Waals surface area contributed by atoms with E-state index in [4.69, 9.17) is 15.2 Å². The Bertz CT molecular complexity index is 348. The van der Waals surface area contributed by atoms with Crippen LogP contribution >= 0.6 is 0 Å². The van der Waals surface area contributed by atoms with Crippen LogP contribution in [0.25, 0.3) is 0 Å². The van der Waals surface area contributed by atoms with Gasteiger partial charge in [0.25, 0.3) is 0 Å². The van der Waals surface area contributed by atoms with Gasteiger partial charge in [-0.05, 0) is 37.6 Å². The van der Waals surface area contributed by atoms with Crippen molar-refractivity contribution in [3.8, 4) is 11.5 Å². The van der Waals surface area contributed by atoms with Gasteiger partial charge in [0.15, 0.2) is 11.5 Å². The van der Waals surface area contributed by atoms with E-state index in [2.05, 4.69) is 0 Å². The zero-order chi connectivity index (χ0) is 11.8. The van der Waals surface area contributed by atoms with Gasteiger partial charge >= 0.3 is 0 Å². The molecular weight excluding hydrogens is 202 g/mol. The van der Waals surface area contributed by atoms with Crippen molar-refractivity contribution in [3.63, 3.8) is 0 Å². The highest BCUT2D eigenvalue weighted by atomic mass is 16.5. The molecular formula is C13H19NO2. The first-order valence-corrected chi connectivity index (χ1v) is 5.42. The van der Waals surface area contributed by atoms with Gasteiger partial charge in [-0.15, -0.1) is 0 Å². The predicted octanol–water partition coefficient (Wildman–Crippen LogP) is 2.15. The second kappa shape index (κ2) is 6.90. The highest BCUT2D eigenvalue weighted by Crippen LogP contribution is 2.28. The minimum atomic E-state index is 0.555. The van der Waals surface area contributed by atoms with Crippen molar-refractivity contribution in [1.29, 1.82) is 0 Å². The Balaban J connectivity index is 2.79. The van der Waals surface area contributed by atoms with Crippen molar-refractivity contribution in [2.24, 2.45) is 5.73 Å². The van der Waals surface area contributed by atoms with Crippen LogP contribution < -0.4 is 15.2 Å². The summed E-state index contributed by atoms with van der Waals surface area (Å²) in [5.74, 6) is 1.52. The summed E-state index contributed by atoms with van der Waals surface area (Å²) in [6, 6.07) is 5.90. The molecule has 0 bridgehead atoms. The van der Waals surface area contributed by atoms with Crippen LogP contribution in [0.2, 0.25) is 0 Å². The highest BCUT2D eigenvalue weighted by Gasteiger charge is 2.04. The molecule has 0 saturated heterocycles. The summed E-state index contributed by atoms with van der Waals surface area (Å²) in [4.78, 5) is 0. The smallest absolute Gasteiger partial charge is 0.161 e. The lowest BCUT2D eigenvalue weighted by Gasteiger charge is -2.10. The van der Waals surface area contributed by atoms with E-state index in [0.717, 1.165) is 17.9 Å². The Morgan fingerprint density at radius 1 is 1.31 bits per heavy atom. The third-order valence-corrected chi connectivity index (χ3v) is 2.23. The molecule has 0 atom stereocenters. The lowest BCUT2D eigenvalue weighted by molar-refractivity contribution is 0.326. The summed E-state index contributed by atoms with van der Waals surface area (Å²) in [7, 11) is 1.64. The van der Waals surface area contributed by atoms with Gasteiger partial charge < -0.3 is 15.2 Å². The first kappa shape index (κ1) is 12.6. The molecule has 0 aliphatic heterocycles. The number of benzene rings is 1. The van der Waals surface area contributed by atoms with E-state index in [9.17, 15) is 0 Å². The summed E-state index contributed by atoms with van der Waals surface area (Å²) in [6.07, 6.45) is 4.76. The highest BCUT2D eigenvalue weighted by molar-refractivity contribution is 5.43. The fourth-order valence-corrected chi connectivity index (χ4v) is 1.39. The lowest BCUT2D eigenvalue weighted by Crippen LogP contribution is -2.03. The van der Waals surface area contributed by atoms with E-state index < -0.39 is 0 Å². The molecule has 2 N–H and O–H groups in total. The van der Waals surface area contributed by atoms with Crippen molar-refractivity contribution in [1.82, 2.24) is 0 Å².